The Balaban J connectivity index is 2.23. The average Bonchev–Trinajstić information content (AvgIpc) is 2.41. The normalized spacial score (nSPS) is 11.7. The van der Waals surface area contributed by atoms with E-state index < -0.39 is 0 Å². The zero-order valence-corrected chi connectivity index (χ0v) is 12.5. The van der Waals surface area contributed by atoms with Gasteiger partial charge in [-0.1, -0.05) is 45.8 Å². The summed E-state index contributed by atoms with van der Waals surface area (Å²) in [5.74, 6) is 0. The summed E-state index contributed by atoms with van der Waals surface area (Å²) in [7, 11) is 0. The van der Waals surface area contributed by atoms with Crippen molar-refractivity contribution in [1.29, 1.82) is 5.26 Å². The van der Waals surface area contributed by atoms with Gasteiger partial charge in [-0.05, 0) is 43.2 Å². The Morgan fingerprint density at radius 2 is 1.79 bits per heavy atom. The summed E-state index contributed by atoms with van der Waals surface area (Å²) >= 11 is 3.47. The fourth-order valence-electron chi connectivity index (χ4n) is 1.85. The Morgan fingerprint density at radius 3 is 2.37 bits per heavy atom. The second kappa shape index (κ2) is 5.90. The van der Waals surface area contributed by atoms with Gasteiger partial charge in [0.2, 0.25) is 0 Å². The molecule has 3 heteroatoms. The molecule has 1 unspecified atom stereocenters. The maximum absolute atomic E-state index is 9.33. The van der Waals surface area contributed by atoms with Gasteiger partial charge in [-0.3, -0.25) is 0 Å². The quantitative estimate of drug-likeness (QED) is 0.888. The van der Waals surface area contributed by atoms with Crippen LogP contribution in [0.1, 0.15) is 22.7 Å². The topological polar surface area (TPSA) is 35.8 Å². The van der Waals surface area contributed by atoms with E-state index in [0.29, 0.717) is 0 Å². The minimum absolute atomic E-state index is 0.338. The van der Waals surface area contributed by atoms with Crippen LogP contribution in [0.5, 0.6) is 0 Å². The van der Waals surface area contributed by atoms with Gasteiger partial charge in [0.15, 0.2) is 0 Å². The van der Waals surface area contributed by atoms with Gasteiger partial charge in [0.1, 0.15) is 6.04 Å². The molecule has 0 spiro atoms. The van der Waals surface area contributed by atoms with Crippen LogP contribution >= 0.6 is 15.9 Å². The predicted octanol–water partition coefficient (Wildman–Crippen LogP) is 4.74. The van der Waals surface area contributed by atoms with Crippen molar-refractivity contribution in [2.75, 3.05) is 5.32 Å². The number of rotatable bonds is 3. The predicted molar refractivity (Wildman–Crippen MR) is 82.0 cm³/mol. The summed E-state index contributed by atoms with van der Waals surface area (Å²) in [4.78, 5) is 0. The lowest BCUT2D eigenvalue weighted by Gasteiger charge is -2.14. The molecular formula is C16H15BrN2. The van der Waals surface area contributed by atoms with E-state index in [0.717, 1.165) is 21.3 Å². The average molecular weight is 315 g/mol. The van der Waals surface area contributed by atoms with E-state index in [1.165, 1.54) is 5.56 Å². The van der Waals surface area contributed by atoms with E-state index in [1.54, 1.807) is 0 Å². The second-order valence-corrected chi connectivity index (χ2v) is 5.44. The Hall–Kier alpha value is -1.79. The van der Waals surface area contributed by atoms with E-state index in [1.807, 2.05) is 56.3 Å². The van der Waals surface area contributed by atoms with E-state index in [2.05, 4.69) is 27.3 Å². The molecule has 2 rings (SSSR count). The lowest BCUT2D eigenvalue weighted by Crippen LogP contribution is -2.08. The van der Waals surface area contributed by atoms with Gasteiger partial charge in [0.05, 0.1) is 6.07 Å². The largest absolute Gasteiger partial charge is 0.366 e. The Bertz CT molecular complexity index is 612. The van der Waals surface area contributed by atoms with Crippen molar-refractivity contribution in [2.24, 2.45) is 0 Å². The van der Waals surface area contributed by atoms with Crippen LogP contribution in [0.2, 0.25) is 0 Å². The number of nitrogens with zero attached hydrogens (tertiary/aromatic N) is 1. The van der Waals surface area contributed by atoms with Crippen LogP contribution in [-0.2, 0) is 0 Å². The Morgan fingerprint density at radius 1 is 1.11 bits per heavy atom. The summed E-state index contributed by atoms with van der Waals surface area (Å²) in [5.41, 5.74) is 4.27. The molecule has 0 saturated heterocycles. The summed E-state index contributed by atoms with van der Waals surface area (Å²) in [6.07, 6.45) is 0. The Labute approximate surface area is 122 Å². The third kappa shape index (κ3) is 3.36. The monoisotopic (exact) mass is 314 g/mol. The van der Waals surface area contributed by atoms with Gasteiger partial charge in [-0.2, -0.15) is 5.26 Å². The molecule has 96 valence electrons. The van der Waals surface area contributed by atoms with E-state index in [-0.39, 0.29) is 6.04 Å². The third-order valence-corrected chi connectivity index (χ3v) is 3.90. The number of anilines is 1. The molecule has 2 nitrogen and oxygen atoms in total. The zero-order chi connectivity index (χ0) is 13.8. The van der Waals surface area contributed by atoms with Crippen molar-refractivity contribution >= 4 is 21.6 Å². The molecule has 0 heterocycles. The van der Waals surface area contributed by atoms with Crippen LogP contribution in [0.3, 0.4) is 0 Å². The smallest absolute Gasteiger partial charge is 0.140 e. The van der Waals surface area contributed by atoms with E-state index in [4.69, 9.17) is 0 Å². The van der Waals surface area contributed by atoms with Crippen molar-refractivity contribution in [1.82, 2.24) is 0 Å². The molecule has 0 bridgehead atoms. The van der Waals surface area contributed by atoms with Gasteiger partial charge in [0, 0.05) is 10.2 Å². The number of nitriles is 1. The van der Waals surface area contributed by atoms with Gasteiger partial charge in [-0.25, -0.2) is 0 Å². The zero-order valence-electron chi connectivity index (χ0n) is 10.9. The van der Waals surface area contributed by atoms with Crippen molar-refractivity contribution in [3.05, 3.63) is 63.6 Å². The molecule has 0 aliphatic carbocycles. The van der Waals surface area contributed by atoms with Crippen molar-refractivity contribution in [3.8, 4) is 6.07 Å². The molecule has 1 atom stereocenters. The van der Waals surface area contributed by atoms with Crippen LogP contribution in [0.25, 0.3) is 0 Å². The first-order chi connectivity index (χ1) is 9.10. The van der Waals surface area contributed by atoms with Gasteiger partial charge in [0.25, 0.3) is 0 Å². The van der Waals surface area contributed by atoms with E-state index >= 15 is 0 Å². The first-order valence-electron chi connectivity index (χ1n) is 6.09. The molecule has 0 aliphatic heterocycles. The molecule has 0 amide bonds. The number of hydrogen-bond acceptors (Lipinski definition) is 2. The third-order valence-electron chi connectivity index (χ3n) is 3.01. The molecule has 0 saturated carbocycles. The lowest BCUT2D eigenvalue weighted by molar-refractivity contribution is 0.993. The molecular weight excluding hydrogens is 300 g/mol. The molecule has 0 aliphatic rings. The summed E-state index contributed by atoms with van der Waals surface area (Å²) in [5, 5.41) is 12.6. The van der Waals surface area contributed by atoms with Crippen LogP contribution in [0.15, 0.2) is 46.9 Å². The maximum atomic E-state index is 9.33. The highest BCUT2D eigenvalue weighted by atomic mass is 79.9. The van der Waals surface area contributed by atoms with Crippen LogP contribution in [-0.4, -0.2) is 0 Å². The van der Waals surface area contributed by atoms with Crippen molar-refractivity contribution in [2.45, 2.75) is 19.9 Å². The molecule has 0 fully saturated rings. The SMILES string of the molecule is Cc1ccc(NC(C#N)c2ccc(Br)c(C)c2)cc1. The highest BCUT2D eigenvalue weighted by Gasteiger charge is 2.11. The Kier molecular flexibility index (Phi) is 4.24. The first-order valence-corrected chi connectivity index (χ1v) is 6.88. The van der Waals surface area contributed by atoms with Crippen LogP contribution in [0, 0.1) is 25.2 Å². The maximum Gasteiger partial charge on any atom is 0.140 e. The molecule has 2 aromatic carbocycles. The lowest BCUT2D eigenvalue weighted by atomic mass is 10.0. The standard InChI is InChI=1S/C16H15BrN2/c1-11-3-6-14(7-4-11)19-16(10-18)13-5-8-15(17)12(2)9-13/h3-9,16,19H,1-2H3. The molecule has 0 radical (unpaired) electrons. The summed E-state index contributed by atoms with van der Waals surface area (Å²) < 4.78 is 1.06. The van der Waals surface area contributed by atoms with Crippen molar-refractivity contribution < 1.29 is 0 Å². The molecule has 19 heavy (non-hydrogen) atoms. The molecule has 2 aromatic rings. The number of hydrogen-bond donors (Lipinski definition) is 1. The van der Waals surface area contributed by atoms with Gasteiger partial charge in [-0.15, -0.1) is 0 Å². The highest BCUT2D eigenvalue weighted by molar-refractivity contribution is 9.10. The second-order valence-electron chi connectivity index (χ2n) is 4.58. The first kappa shape index (κ1) is 13.6. The van der Waals surface area contributed by atoms with Crippen molar-refractivity contribution in [3.63, 3.8) is 0 Å². The highest BCUT2D eigenvalue weighted by Crippen LogP contribution is 2.24. The van der Waals surface area contributed by atoms with Gasteiger partial charge >= 0.3 is 0 Å². The molecule has 0 aromatic heterocycles. The van der Waals surface area contributed by atoms with Crippen LogP contribution < -0.4 is 5.32 Å². The van der Waals surface area contributed by atoms with E-state index in [9.17, 15) is 5.26 Å². The number of aryl methyl sites for hydroxylation is 2. The fraction of sp³-hybridized carbons (Fsp3) is 0.188. The number of nitrogens with one attached hydrogen (secondary N) is 1. The minimum Gasteiger partial charge on any atom is -0.366 e. The number of halogens is 1. The number of benzene rings is 2. The molecule has 1 N–H and O–H groups in total. The minimum atomic E-state index is -0.338. The van der Waals surface area contributed by atoms with Crippen LogP contribution in [0.4, 0.5) is 5.69 Å². The van der Waals surface area contributed by atoms with Gasteiger partial charge < -0.3 is 5.32 Å². The summed E-state index contributed by atoms with van der Waals surface area (Å²) in [6, 6.07) is 16.0. The summed E-state index contributed by atoms with van der Waals surface area (Å²) in [6.45, 7) is 4.07. The fourth-order valence-corrected chi connectivity index (χ4v) is 2.10.